The first-order valence-electron chi connectivity index (χ1n) is 6.54. The fourth-order valence-corrected chi connectivity index (χ4v) is 2.08. The van der Waals surface area contributed by atoms with Crippen LogP contribution in [0.3, 0.4) is 0 Å². The Morgan fingerprint density at radius 2 is 1.88 bits per heavy atom. The lowest BCUT2D eigenvalue weighted by Crippen LogP contribution is -2.45. The van der Waals surface area contributed by atoms with Crippen LogP contribution in [0.4, 0.5) is 0 Å². The highest BCUT2D eigenvalue weighted by molar-refractivity contribution is 5.85. The average Bonchev–Trinajstić information content (AvgIpc) is 2.28. The SMILES string of the molecule is CCCCN1CCC(C)(OC(=O)CC)CC1.Cl. The maximum atomic E-state index is 11.3. The maximum absolute atomic E-state index is 11.3. The van der Waals surface area contributed by atoms with E-state index in [1.54, 1.807) is 0 Å². The first kappa shape index (κ1) is 16.7. The second-order valence-electron chi connectivity index (χ2n) is 4.97. The van der Waals surface area contributed by atoms with Crippen LogP contribution in [0, 0.1) is 0 Å². The van der Waals surface area contributed by atoms with E-state index < -0.39 is 0 Å². The van der Waals surface area contributed by atoms with Crippen molar-refractivity contribution in [3.63, 3.8) is 0 Å². The third kappa shape index (κ3) is 5.73. The lowest BCUT2D eigenvalue weighted by molar-refractivity contribution is -0.162. The van der Waals surface area contributed by atoms with E-state index in [4.69, 9.17) is 4.74 Å². The van der Waals surface area contributed by atoms with Crippen molar-refractivity contribution in [1.29, 1.82) is 0 Å². The number of ether oxygens (including phenoxy) is 1. The Labute approximate surface area is 111 Å². The van der Waals surface area contributed by atoms with Crippen molar-refractivity contribution in [1.82, 2.24) is 4.90 Å². The summed E-state index contributed by atoms with van der Waals surface area (Å²) in [4.78, 5) is 13.8. The Kier molecular flexibility index (Phi) is 7.80. The van der Waals surface area contributed by atoms with Gasteiger partial charge in [-0.3, -0.25) is 4.79 Å². The van der Waals surface area contributed by atoms with E-state index in [-0.39, 0.29) is 24.0 Å². The van der Waals surface area contributed by atoms with Crippen LogP contribution < -0.4 is 0 Å². The molecule has 0 amide bonds. The van der Waals surface area contributed by atoms with E-state index in [9.17, 15) is 4.79 Å². The molecule has 0 saturated carbocycles. The third-order valence-electron chi connectivity index (χ3n) is 3.39. The van der Waals surface area contributed by atoms with E-state index >= 15 is 0 Å². The number of hydrogen-bond donors (Lipinski definition) is 0. The molecule has 0 aliphatic carbocycles. The fraction of sp³-hybridized carbons (Fsp3) is 0.923. The van der Waals surface area contributed by atoms with Gasteiger partial charge in [0.1, 0.15) is 5.60 Å². The molecule has 1 fully saturated rings. The Hall–Kier alpha value is -0.280. The second kappa shape index (κ2) is 7.93. The van der Waals surface area contributed by atoms with Gasteiger partial charge in [-0.1, -0.05) is 20.3 Å². The molecule has 1 aliphatic rings. The third-order valence-corrected chi connectivity index (χ3v) is 3.39. The summed E-state index contributed by atoms with van der Waals surface area (Å²) in [6, 6.07) is 0. The number of hydrogen-bond acceptors (Lipinski definition) is 3. The van der Waals surface area contributed by atoms with Crippen molar-refractivity contribution in [2.45, 2.75) is 58.5 Å². The van der Waals surface area contributed by atoms with Gasteiger partial charge in [-0.25, -0.2) is 0 Å². The molecule has 3 nitrogen and oxygen atoms in total. The van der Waals surface area contributed by atoms with Gasteiger partial charge in [-0.05, 0) is 32.7 Å². The molecule has 4 heteroatoms. The van der Waals surface area contributed by atoms with Crippen LogP contribution >= 0.6 is 12.4 Å². The molecule has 102 valence electrons. The number of piperidine rings is 1. The molecule has 1 aliphatic heterocycles. The van der Waals surface area contributed by atoms with Gasteiger partial charge in [0.05, 0.1) is 0 Å². The van der Waals surface area contributed by atoms with Crippen LogP contribution in [0.1, 0.15) is 52.9 Å². The standard InChI is InChI=1S/C13H25NO2.ClH/c1-4-6-9-14-10-7-13(3,8-11-14)16-12(15)5-2;/h4-11H2,1-3H3;1H. The normalized spacial score (nSPS) is 19.5. The quantitative estimate of drug-likeness (QED) is 0.714. The first-order valence-corrected chi connectivity index (χ1v) is 6.54. The number of nitrogens with zero attached hydrogens (tertiary/aromatic N) is 1. The monoisotopic (exact) mass is 263 g/mol. The molecule has 0 aromatic carbocycles. The summed E-state index contributed by atoms with van der Waals surface area (Å²) in [5, 5.41) is 0. The summed E-state index contributed by atoms with van der Waals surface area (Å²) in [5.41, 5.74) is -0.212. The number of carbonyl (C=O) groups excluding carboxylic acids is 1. The number of unbranched alkanes of at least 4 members (excludes halogenated alkanes) is 1. The molecule has 0 bridgehead atoms. The van der Waals surface area contributed by atoms with Gasteiger partial charge in [0.15, 0.2) is 0 Å². The number of esters is 1. The molecule has 0 aromatic rings. The summed E-state index contributed by atoms with van der Waals surface area (Å²) >= 11 is 0. The van der Waals surface area contributed by atoms with Gasteiger partial charge in [-0.2, -0.15) is 0 Å². The number of likely N-dealkylation sites (tertiary alicyclic amines) is 1. The van der Waals surface area contributed by atoms with Crippen molar-refractivity contribution < 1.29 is 9.53 Å². The van der Waals surface area contributed by atoms with Crippen LogP contribution in [0.15, 0.2) is 0 Å². The van der Waals surface area contributed by atoms with Crippen molar-refractivity contribution in [3.8, 4) is 0 Å². The number of halogens is 1. The maximum Gasteiger partial charge on any atom is 0.306 e. The lowest BCUT2D eigenvalue weighted by Gasteiger charge is -2.38. The van der Waals surface area contributed by atoms with Gasteiger partial charge in [0.2, 0.25) is 0 Å². The topological polar surface area (TPSA) is 29.5 Å². The zero-order valence-corrected chi connectivity index (χ0v) is 12.1. The van der Waals surface area contributed by atoms with Gasteiger partial charge < -0.3 is 9.64 Å². The minimum absolute atomic E-state index is 0. The summed E-state index contributed by atoms with van der Waals surface area (Å²) in [5.74, 6) is -0.0653. The van der Waals surface area contributed by atoms with Crippen molar-refractivity contribution in [3.05, 3.63) is 0 Å². The van der Waals surface area contributed by atoms with Crippen LogP contribution in [0.2, 0.25) is 0 Å². The molecule has 0 atom stereocenters. The first-order chi connectivity index (χ1) is 7.59. The van der Waals surface area contributed by atoms with Crippen molar-refractivity contribution in [2.75, 3.05) is 19.6 Å². The zero-order valence-electron chi connectivity index (χ0n) is 11.3. The molecule has 1 rings (SSSR count). The lowest BCUT2D eigenvalue weighted by atomic mass is 9.93. The number of carbonyl (C=O) groups is 1. The highest BCUT2D eigenvalue weighted by Gasteiger charge is 2.32. The average molecular weight is 264 g/mol. The summed E-state index contributed by atoms with van der Waals surface area (Å²) in [7, 11) is 0. The van der Waals surface area contributed by atoms with E-state index in [1.807, 2.05) is 6.92 Å². The predicted molar refractivity (Wildman–Crippen MR) is 72.6 cm³/mol. The summed E-state index contributed by atoms with van der Waals surface area (Å²) in [6.07, 6.45) is 4.95. The number of rotatable bonds is 5. The highest BCUT2D eigenvalue weighted by Crippen LogP contribution is 2.26. The molecule has 0 spiro atoms. The molecule has 0 N–H and O–H groups in total. The van der Waals surface area contributed by atoms with Crippen LogP contribution in [0.5, 0.6) is 0 Å². The molecule has 0 unspecified atom stereocenters. The molecule has 1 saturated heterocycles. The molecule has 0 radical (unpaired) electrons. The van der Waals surface area contributed by atoms with Crippen LogP contribution in [-0.4, -0.2) is 36.1 Å². The van der Waals surface area contributed by atoms with E-state index in [0.29, 0.717) is 6.42 Å². The Morgan fingerprint density at radius 3 is 2.35 bits per heavy atom. The van der Waals surface area contributed by atoms with Crippen molar-refractivity contribution in [2.24, 2.45) is 0 Å². The minimum Gasteiger partial charge on any atom is -0.459 e. The predicted octanol–water partition coefficient (Wildman–Crippen LogP) is 3.02. The summed E-state index contributed by atoms with van der Waals surface area (Å²) in [6.45, 7) is 9.45. The Bertz CT molecular complexity index is 225. The Balaban J connectivity index is 0.00000256. The molecule has 0 aromatic heterocycles. The van der Waals surface area contributed by atoms with Gasteiger partial charge in [-0.15, -0.1) is 12.4 Å². The Morgan fingerprint density at radius 1 is 1.29 bits per heavy atom. The molecular formula is C13H26ClNO2. The summed E-state index contributed by atoms with van der Waals surface area (Å²) < 4.78 is 5.52. The molecule has 1 heterocycles. The van der Waals surface area contributed by atoms with Crippen LogP contribution in [-0.2, 0) is 9.53 Å². The molecular weight excluding hydrogens is 238 g/mol. The van der Waals surface area contributed by atoms with Gasteiger partial charge in [0, 0.05) is 19.5 Å². The van der Waals surface area contributed by atoms with E-state index in [2.05, 4.69) is 18.7 Å². The van der Waals surface area contributed by atoms with Crippen LogP contribution in [0.25, 0.3) is 0 Å². The smallest absolute Gasteiger partial charge is 0.306 e. The van der Waals surface area contributed by atoms with Gasteiger partial charge >= 0.3 is 5.97 Å². The van der Waals surface area contributed by atoms with E-state index in [1.165, 1.54) is 19.4 Å². The largest absolute Gasteiger partial charge is 0.459 e. The fourth-order valence-electron chi connectivity index (χ4n) is 2.08. The highest BCUT2D eigenvalue weighted by atomic mass is 35.5. The zero-order chi connectivity index (χ0) is 12.0. The van der Waals surface area contributed by atoms with E-state index in [0.717, 1.165) is 25.9 Å². The minimum atomic E-state index is -0.212. The van der Waals surface area contributed by atoms with Crippen molar-refractivity contribution >= 4 is 18.4 Å². The molecule has 17 heavy (non-hydrogen) atoms. The second-order valence-corrected chi connectivity index (χ2v) is 4.97. The van der Waals surface area contributed by atoms with Gasteiger partial charge in [0.25, 0.3) is 0 Å².